The van der Waals surface area contributed by atoms with E-state index >= 15 is 0 Å². The Labute approximate surface area is 118 Å². The lowest BCUT2D eigenvalue weighted by Gasteiger charge is -2.22. The van der Waals surface area contributed by atoms with Gasteiger partial charge in [0, 0.05) is 12.2 Å². The molecular weight excluding hydrogens is 275 g/mol. The average molecular weight is 291 g/mol. The molecule has 0 bridgehead atoms. The van der Waals surface area contributed by atoms with E-state index < -0.39 is 0 Å². The summed E-state index contributed by atoms with van der Waals surface area (Å²) in [6.45, 7) is 2.11. The van der Waals surface area contributed by atoms with Crippen LogP contribution in [0.25, 0.3) is 11.1 Å². The summed E-state index contributed by atoms with van der Waals surface area (Å²) in [6.07, 6.45) is 5.63. The molecule has 1 saturated heterocycles. The second kappa shape index (κ2) is 6.78. The zero-order valence-electron chi connectivity index (χ0n) is 9.76. The molecule has 1 aliphatic heterocycles. The van der Waals surface area contributed by atoms with Crippen molar-refractivity contribution >= 4 is 41.9 Å². The number of aromatic nitrogens is 2. The molecule has 0 radical (unpaired) electrons. The third-order valence-corrected chi connectivity index (χ3v) is 2.86. The Kier molecular flexibility index (Phi) is 5.65. The molecular formula is C11H16Cl2N4O. The molecule has 5 nitrogen and oxygen atoms in total. The molecule has 18 heavy (non-hydrogen) atoms. The Morgan fingerprint density at radius 3 is 2.78 bits per heavy atom. The topological polar surface area (TPSA) is 63.0 Å². The molecule has 3 rings (SSSR count). The van der Waals surface area contributed by atoms with Crippen molar-refractivity contribution in [3.05, 3.63) is 18.5 Å². The van der Waals surface area contributed by atoms with Crippen LogP contribution in [0.5, 0.6) is 0 Å². The van der Waals surface area contributed by atoms with Crippen molar-refractivity contribution in [3.63, 3.8) is 0 Å². The Morgan fingerprint density at radius 2 is 2.06 bits per heavy atom. The first kappa shape index (κ1) is 15.0. The Bertz CT molecular complexity index is 452. The van der Waals surface area contributed by atoms with Gasteiger partial charge >= 0.3 is 0 Å². The molecule has 1 fully saturated rings. The van der Waals surface area contributed by atoms with Gasteiger partial charge in [-0.3, -0.25) is 4.98 Å². The molecule has 0 unspecified atom stereocenters. The molecule has 0 aliphatic carbocycles. The van der Waals surface area contributed by atoms with Crippen molar-refractivity contribution < 1.29 is 4.42 Å². The van der Waals surface area contributed by atoms with Crippen LogP contribution in [0.3, 0.4) is 0 Å². The quantitative estimate of drug-likeness (QED) is 0.888. The van der Waals surface area contributed by atoms with Crippen LogP contribution in [0.4, 0.5) is 6.01 Å². The summed E-state index contributed by atoms with van der Waals surface area (Å²) >= 11 is 0. The summed E-state index contributed by atoms with van der Waals surface area (Å²) in [6, 6.07) is 2.92. The van der Waals surface area contributed by atoms with E-state index in [1.165, 1.54) is 0 Å². The molecule has 0 atom stereocenters. The van der Waals surface area contributed by atoms with Gasteiger partial charge in [0.2, 0.25) is 0 Å². The van der Waals surface area contributed by atoms with Crippen molar-refractivity contribution in [3.8, 4) is 0 Å². The van der Waals surface area contributed by atoms with Crippen LogP contribution in [0.2, 0.25) is 0 Å². The zero-order chi connectivity index (χ0) is 10.8. The highest BCUT2D eigenvalue weighted by Crippen LogP contribution is 2.19. The molecule has 100 valence electrons. The molecule has 0 saturated carbocycles. The highest BCUT2D eigenvalue weighted by atomic mass is 35.5. The molecule has 0 amide bonds. The van der Waals surface area contributed by atoms with Gasteiger partial charge in [0.25, 0.3) is 6.01 Å². The first-order valence-electron chi connectivity index (χ1n) is 5.59. The number of pyridine rings is 1. The summed E-state index contributed by atoms with van der Waals surface area (Å²) in [5, 5.41) is 6.65. The van der Waals surface area contributed by atoms with Crippen LogP contribution in [0.1, 0.15) is 12.8 Å². The number of piperidine rings is 1. The summed E-state index contributed by atoms with van der Waals surface area (Å²) in [4.78, 5) is 8.37. The number of halogens is 2. The van der Waals surface area contributed by atoms with Crippen LogP contribution >= 0.6 is 24.8 Å². The van der Waals surface area contributed by atoms with Gasteiger partial charge in [0.15, 0.2) is 5.58 Å². The van der Waals surface area contributed by atoms with Gasteiger partial charge in [0.1, 0.15) is 5.52 Å². The van der Waals surface area contributed by atoms with Crippen molar-refractivity contribution in [1.29, 1.82) is 0 Å². The first-order chi connectivity index (χ1) is 7.92. The highest BCUT2D eigenvalue weighted by Gasteiger charge is 2.15. The average Bonchev–Trinajstić information content (AvgIpc) is 2.72. The van der Waals surface area contributed by atoms with Gasteiger partial charge in [-0.05, 0) is 32.0 Å². The Hall–Kier alpha value is -1.04. The van der Waals surface area contributed by atoms with Crippen LogP contribution < -0.4 is 10.6 Å². The minimum absolute atomic E-state index is 0. The number of fused-ring (bicyclic) bond motifs is 1. The van der Waals surface area contributed by atoms with E-state index in [0.717, 1.165) is 37.0 Å². The third kappa shape index (κ3) is 3.25. The first-order valence-corrected chi connectivity index (χ1v) is 5.59. The molecule has 2 aromatic rings. The third-order valence-electron chi connectivity index (χ3n) is 2.86. The van der Waals surface area contributed by atoms with E-state index in [-0.39, 0.29) is 24.8 Å². The van der Waals surface area contributed by atoms with Crippen LogP contribution in [-0.4, -0.2) is 29.1 Å². The van der Waals surface area contributed by atoms with E-state index in [2.05, 4.69) is 20.6 Å². The SMILES string of the molecule is Cl.Cl.c1cc2nc(NC3CCNCC3)oc2cn1. The summed E-state index contributed by atoms with van der Waals surface area (Å²) in [5.74, 6) is 0. The van der Waals surface area contributed by atoms with Gasteiger partial charge in [-0.1, -0.05) is 0 Å². The normalized spacial score (nSPS) is 15.8. The smallest absolute Gasteiger partial charge is 0.295 e. The standard InChI is InChI=1S/C11H14N4O.2ClH/c1-4-12-5-2-8(1)14-11-15-9-3-6-13-7-10(9)16-11;;/h3,6-8,12H,1-2,4-5H2,(H,14,15);2*1H. The molecule has 0 aromatic carbocycles. The fraction of sp³-hybridized carbons (Fsp3) is 0.455. The minimum atomic E-state index is 0. The zero-order valence-corrected chi connectivity index (χ0v) is 11.4. The maximum Gasteiger partial charge on any atom is 0.295 e. The molecule has 7 heteroatoms. The molecule has 0 spiro atoms. The van der Waals surface area contributed by atoms with E-state index in [9.17, 15) is 0 Å². The lowest BCUT2D eigenvalue weighted by atomic mass is 10.1. The molecule has 1 aliphatic rings. The van der Waals surface area contributed by atoms with E-state index in [0.29, 0.717) is 12.1 Å². The number of oxazole rings is 1. The summed E-state index contributed by atoms with van der Waals surface area (Å²) in [5.41, 5.74) is 1.59. The number of anilines is 1. The predicted octanol–water partition coefficient (Wildman–Crippen LogP) is 2.23. The fourth-order valence-electron chi connectivity index (χ4n) is 1.98. The number of rotatable bonds is 2. The number of hydrogen-bond acceptors (Lipinski definition) is 5. The summed E-state index contributed by atoms with van der Waals surface area (Å²) in [7, 11) is 0. The maximum atomic E-state index is 5.57. The summed E-state index contributed by atoms with van der Waals surface area (Å²) < 4.78 is 5.57. The number of nitrogens with zero attached hydrogens (tertiary/aromatic N) is 2. The van der Waals surface area contributed by atoms with E-state index in [1.807, 2.05) is 6.07 Å². The maximum absolute atomic E-state index is 5.57. The lowest BCUT2D eigenvalue weighted by Crippen LogP contribution is -2.35. The van der Waals surface area contributed by atoms with Gasteiger partial charge in [-0.25, -0.2) is 0 Å². The Morgan fingerprint density at radius 1 is 1.28 bits per heavy atom. The minimum Gasteiger partial charge on any atom is -0.422 e. The van der Waals surface area contributed by atoms with Crippen LogP contribution in [-0.2, 0) is 0 Å². The van der Waals surface area contributed by atoms with Gasteiger partial charge in [-0.15, -0.1) is 24.8 Å². The number of nitrogens with one attached hydrogen (secondary N) is 2. The van der Waals surface area contributed by atoms with Gasteiger partial charge in [0.05, 0.1) is 6.20 Å². The van der Waals surface area contributed by atoms with Crippen molar-refractivity contribution in [1.82, 2.24) is 15.3 Å². The predicted molar refractivity (Wildman–Crippen MR) is 75.8 cm³/mol. The van der Waals surface area contributed by atoms with Crippen LogP contribution in [0, 0.1) is 0 Å². The molecule has 2 N–H and O–H groups in total. The van der Waals surface area contributed by atoms with E-state index in [4.69, 9.17) is 4.42 Å². The number of hydrogen-bond donors (Lipinski definition) is 2. The monoisotopic (exact) mass is 290 g/mol. The van der Waals surface area contributed by atoms with Crippen LogP contribution in [0.15, 0.2) is 22.9 Å². The van der Waals surface area contributed by atoms with E-state index in [1.54, 1.807) is 12.4 Å². The second-order valence-corrected chi connectivity index (χ2v) is 4.03. The Balaban J connectivity index is 0.000000810. The van der Waals surface area contributed by atoms with Crippen molar-refractivity contribution in [2.75, 3.05) is 18.4 Å². The van der Waals surface area contributed by atoms with Gasteiger partial charge in [-0.2, -0.15) is 4.98 Å². The van der Waals surface area contributed by atoms with Gasteiger partial charge < -0.3 is 15.1 Å². The lowest BCUT2D eigenvalue weighted by molar-refractivity contribution is 0.466. The molecule has 2 aromatic heterocycles. The fourth-order valence-corrected chi connectivity index (χ4v) is 1.98. The van der Waals surface area contributed by atoms with Crippen molar-refractivity contribution in [2.24, 2.45) is 0 Å². The largest absolute Gasteiger partial charge is 0.422 e. The van der Waals surface area contributed by atoms with Crippen molar-refractivity contribution in [2.45, 2.75) is 18.9 Å². The molecule has 3 heterocycles. The highest BCUT2D eigenvalue weighted by molar-refractivity contribution is 5.85. The second-order valence-electron chi connectivity index (χ2n) is 4.03.